The van der Waals surface area contributed by atoms with Crippen LogP contribution >= 0.6 is 11.3 Å². The average molecular weight is 184 g/mol. The van der Waals surface area contributed by atoms with Crippen LogP contribution in [0.25, 0.3) is 0 Å². The second-order valence-corrected chi connectivity index (χ2v) is 4.04. The van der Waals surface area contributed by atoms with Gasteiger partial charge in [-0.2, -0.15) is 0 Å². The van der Waals surface area contributed by atoms with Crippen molar-refractivity contribution >= 4 is 17.2 Å². The molecule has 0 saturated carbocycles. The molecule has 1 aromatic heterocycles. The normalized spacial score (nSPS) is 12.8. The highest BCUT2D eigenvalue weighted by Gasteiger charge is 2.10. The van der Waals surface area contributed by atoms with E-state index in [-0.39, 0.29) is 18.4 Å². The van der Waals surface area contributed by atoms with Gasteiger partial charge in [0.05, 0.1) is 0 Å². The molecule has 1 heterocycles. The first kappa shape index (κ1) is 9.22. The van der Waals surface area contributed by atoms with Crippen LogP contribution in [0.5, 0.6) is 0 Å². The van der Waals surface area contributed by atoms with E-state index in [0.717, 1.165) is 4.88 Å². The van der Waals surface area contributed by atoms with Crippen molar-refractivity contribution in [2.75, 3.05) is 0 Å². The van der Waals surface area contributed by atoms with Gasteiger partial charge in [0.2, 0.25) is 5.91 Å². The minimum absolute atomic E-state index is 0.222. The summed E-state index contributed by atoms with van der Waals surface area (Å²) < 4.78 is 0. The predicted octanol–water partition coefficient (Wildman–Crippen LogP) is 0.932. The first-order valence-corrected chi connectivity index (χ1v) is 4.51. The standard InChI is InChI=1S/C8H12N2OS/c1-5-2-3-7(12-5)6(9)4-8(10)11/h2-3,6H,4,9H2,1H3,(H2,10,11)/t6-/m0/s1. The van der Waals surface area contributed by atoms with Gasteiger partial charge in [0.1, 0.15) is 0 Å². The first-order chi connectivity index (χ1) is 5.59. The molecule has 0 saturated heterocycles. The van der Waals surface area contributed by atoms with Crippen molar-refractivity contribution in [2.45, 2.75) is 19.4 Å². The van der Waals surface area contributed by atoms with Crippen molar-refractivity contribution in [2.24, 2.45) is 11.5 Å². The zero-order valence-corrected chi connectivity index (χ0v) is 7.73. The highest BCUT2D eigenvalue weighted by Crippen LogP contribution is 2.22. The van der Waals surface area contributed by atoms with Crippen LogP contribution in [0.2, 0.25) is 0 Å². The van der Waals surface area contributed by atoms with Crippen LogP contribution in [0.1, 0.15) is 22.2 Å². The average Bonchev–Trinajstić information content (AvgIpc) is 2.34. The van der Waals surface area contributed by atoms with Gasteiger partial charge in [0.15, 0.2) is 0 Å². The van der Waals surface area contributed by atoms with E-state index in [9.17, 15) is 4.79 Å². The number of hydrogen-bond acceptors (Lipinski definition) is 3. The maximum absolute atomic E-state index is 10.5. The fraction of sp³-hybridized carbons (Fsp3) is 0.375. The van der Waals surface area contributed by atoms with E-state index in [1.54, 1.807) is 11.3 Å². The summed E-state index contributed by atoms with van der Waals surface area (Å²) in [5, 5.41) is 0. The fourth-order valence-corrected chi connectivity index (χ4v) is 1.85. The van der Waals surface area contributed by atoms with Crippen LogP contribution < -0.4 is 11.5 Å². The molecule has 0 aromatic carbocycles. The van der Waals surface area contributed by atoms with E-state index in [0.29, 0.717) is 0 Å². The lowest BCUT2D eigenvalue weighted by Gasteiger charge is -2.05. The van der Waals surface area contributed by atoms with Crippen molar-refractivity contribution in [1.29, 1.82) is 0 Å². The highest BCUT2D eigenvalue weighted by molar-refractivity contribution is 7.12. The van der Waals surface area contributed by atoms with Crippen LogP contribution in [0, 0.1) is 6.92 Å². The number of amides is 1. The summed E-state index contributed by atoms with van der Waals surface area (Å²) in [6.45, 7) is 2.01. The molecule has 12 heavy (non-hydrogen) atoms. The van der Waals surface area contributed by atoms with Gasteiger partial charge in [0.25, 0.3) is 0 Å². The van der Waals surface area contributed by atoms with Crippen molar-refractivity contribution < 1.29 is 4.79 Å². The number of hydrogen-bond donors (Lipinski definition) is 2. The van der Waals surface area contributed by atoms with E-state index in [1.807, 2.05) is 19.1 Å². The molecule has 4 N–H and O–H groups in total. The second kappa shape index (κ2) is 3.69. The minimum Gasteiger partial charge on any atom is -0.370 e. The summed E-state index contributed by atoms with van der Waals surface area (Å²) in [5.74, 6) is -0.353. The fourth-order valence-electron chi connectivity index (χ4n) is 0.970. The third-order valence-corrected chi connectivity index (χ3v) is 2.68. The molecule has 66 valence electrons. The van der Waals surface area contributed by atoms with E-state index in [4.69, 9.17) is 11.5 Å². The van der Waals surface area contributed by atoms with E-state index >= 15 is 0 Å². The van der Waals surface area contributed by atoms with Gasteiger partial charge in [-0.15, -0.1) is 11.3 Å². The molecular weight excluding hydrogens is 172 g/mol. The molecule has 3 nitrogen and oxygen atoms in total. The zero-order chi connectivity index (χ0) is 9.14. The number of carbonyl (C=O) groups excluding carboxylic acids is 1. The van der Waals surface area contributed by atoms with Gasteiger partial charge in [-0.1, -0.05) is 0 Å². The number of rotatable bonds is 3. The van der Waals surface area contributed by atoms with Gasteiger partial charge in [0, 0.05) is 22.2 Å². The molecule has 0 spiro atoms. The zero-order valence-electron chi connectivity index (χ0n) is 6.91. The lowest BCUT2D eigenvalue weighted by atomic mass is 10.2. The van der Waals surface area contributed by atoms with E-state index in [1.165, 1.54) is 4.88 Å². The minimum atomic E-state index is -0.353. The van der Waals surface area contributed by atoms with Crippen LogP contribution in [0.4, 0.5) is 0 Å². The van der Waals surface area contributed by atoms with Crippen LogP contribution in [0.3, 0.4) is 0 Å². The molecule has 1 aromatic rings. The van der Waals surface area contributed by atoms with Gasteiger partial charge in [-0.05, 0) is 19.1 Å². The third-order valence-electron chi connectivity index (χ3n) is 1.55. The molecule has 1 atom stereocenters. The Kier molecular flexibility index (Phi) is 2.83. The number of thiophene rings is 1. The Morgan fingerprint density at radius 3 is 2.75 bits per heavy atom. The van der Waals surface area contributed by atoms with Gasteiger partial charge in [-0.25, -0.2) is 0 Å². The van der Waals surface area contributed by atoms with E-state index < -0.39 is 0 Å². The van der Waals surface area contributed by atoms with Crippen molar-refractivity contribution in [1.82, 2.24) is 0 Å². The van der Waals surface area contributed by atoms with Crippen molar-refractivity contribution in [3.63, 3.8) is 0 Å². The summed E-state index contributed by atoms with van der Waals surface area (Å²) in [6.07, 6.45) is 0.222. The first-order valence-electron chi connectivity index (χ1n) is 3.70. The largest absolute Gasteiger partial charge is 0.370 e. The molecule has 0 bridgehead atoms. The quantitative estimate of drug-likeness (QED) is 0.733. The topological polar surface area (TPSA) is 69.1 Å². The van der Waals surface area contributed by atoms with Gasteiger partial charge < -0.3 is 11.5 Å². The molecular formula is C8H12N2OS. The third kappa shape index (κ3) is 2.32. The SMILES string of the molecule is Cc1ccc([C@@H](N)CC(N)=O)s1. The van der Waals surface area contributed by atoms with Gasteiger partial charge >= 0.3 is 0 Å². The van der Waals surface area contributed by atoms with E-state index in [2.05, 4.69) is 0 Å². The Hall–Kier alpha value is -0.870. The van der Waals surface area contributed by atoms with Crippen molar-refractivity contribution in [3.05, 3.63) is 21.9 Å². The van der Waals surface area contributed by atoms with Crippen molar-refractivity contribution in [3.8, 4) is 0 Å². The van der Waals surface area contributed by atoms with Crippen LogP contribution in [-0.2, 0) is 4.79 Å². The predicted molar refractivity (Wildman–Crippen MR) is 49.8 cm³/mol. The van der Waals surface area contributed by atoms with Gasteiger partial charge in [-0.3, -0.25) is 4.79 Å². The number of primary amides is 1. The molecule has 0 fully saturated rings. The molecule has 4 heteroatoms. The maximum atomic E-state index is 10.5. The molecule has 0 aliphatic carbocycles. The Balaban J connectivity index is 2.64. The highest BCUT2D eigenvalue weighted by atomic mass is 32.1. The molecule has 0 aliphatic heterocycles. The molecule has 1 amide bonds. The Labute approximate surface area is 75.4 Å². The summed E-state index contributed by atoms with van der Waals surface area (Å²) in [7, 11) is 0. The summed E-state index contributed by atoms with van der Waals surface area (Å²) in [4.78, 5) is 12.8. The maximum Gasteiger partial charge on any atom is 0.219 e. The van der Waals surface area contributed by atoms with Crippen LogP contribution in [-0.4, -0.2) is 5.91 Å². The molecule has 0 unspecified atom stereocenters. The van der Waals surface area contributed by atoms with Crippen LogP contribution in [0.15, 0.2) is 12.1 Å². The molecule has 0 radical (unpaired) electrons. The number of nitrogens with two attached hydrogens (primary N) is 2. The second-order valence-electron chi connectivity index (χ2n) is 2.73. The summed E-state index contributed by atoms with van der Waals surface area (Å²) >= 11 is 1.61. The lowest BCUT2D eigenvalue weighted by molar-refractivity contribution is -0.118. The number of carbonyl (C=O) groups is 1. The molecule has 0 aliphatic rings. The summed E-state index contributed by atoms with van der Waals surface area (Å²) in [5.41, 5.74) is 10.7. The smallest absolute Gasteiger partial charge is 0.219 e. The Bertz CT molecular complexity index is 282. The Morgan fingerprint density at radius 2 is 2.33 bits per heavy atom. The lowest BCUT2D eigenvalue weighted by Crippen LogP contribution is -2.19. The number of aryl methyl sites for hydroxylation is 1. The Morgan fingerprint density at radius 1 is 1.67 bits per heavy atom. The summed E-state index contributed by atoms with van der Waals surface area (Å²) in [6, 6.07) is 3.69. The monoisotopic (exact) mass is 184 g/mol. The molecule has 1 rings (SSSR count).